The molecule has 0 aliphatic carbocycles. The van der Waals surface area contributed by atoms with E-state index in [-0.39, 0.29) is 10.6 Å². The van der Waals surface area contributed by atoms with E-state index >= 15 is 0 Å². The fourth-order valence-corrected chi connectivity index (χ4v) is 3.77. The van der Waals surface area contributed by atoms with Gasteiger partial charge in [0.25, 0.3) is 0 Å². The molecule has 0 atom stereocenters. The molecule has 2 aromatic rings. The van der Waals surface area contributed by atoms with Crippen LogP contribution >= 0.6 is 27.7 Å². The lowest BCUT2D eigenvalue weighted by atomic mass is 10.3. The van der Waals surface area contributed by atoms with Gasteiger partial charge >= 0.3 is 0 Å². The summed E-state index contributed by atoms with van der Waals surface area (Å²) in [5.74, 6) is 0. The minimum atomic E-state index is -3.80. The predicted octanol–water partition coefficient (Wildman–Crippen LogP) is 2.83. The van der Waals surface area contributed by atoms with Crippen molar-refractivity contribution in [3.63, 3.8) is 0 Å². The Kier molecular flexibility index (Phi) is 4.19. The van der Waals surface area contributed by atoms with E-state index in [1.165, 1.54) is 17.8 Å². The van der Waals surface area contributed by atoms with E-state index in [1.807, 2.05) is 24.3 Å². The number of nitrogens with two attached hydrogens (primary N) is 2. The molecule has 0 aliphatic rings. The zero-order valence-corrected chi connectivity index (χ0v) is 12.9. The number of hydrogen-bond acceptors (Lipinski definition) is 4. The maximum absolute atomic E-state index is 11.4. The third kappa shape index (κ3) is 3.50. The van der Waals surface area contributed by atoms with Crippen molar-refractivity contribution < 1.29 is 8.42 Å². The molecule has 0 spiro atoms. The second kappa shape index (κ2) is 5.54. The van der Waals surface area contributed by atoms with Gasteiger partial charge < -0.3 is 5.73 Å². The number of hydrogen-bond donors (Lipinski definition) is 2. The highest BCUT2D eigenvalue weighted by atomic mass is 79.9. The second-order valence-corrected chi connectivity index (χ2v) is 7.33. The quantitative estimate of drug-likeness (QED) is 0.825. The zero-order valence-electron chi connectivity index (χ0n) is 9.71. The fourth-order valence-electron chi connectivity index (χ4n) is 1.52. The van der Waals surface area contributed by atoms with Crippen molar-refractivity contribution in [1.82, 2.24) is 0 Å². The van der Waals surface area contributed by atoms with Crippen LogP contribution in [0.25, 0.3) is 0 Å². The molecule has 0 aromatic heterocycles. The average Bonchev–Trinajstić information content (AvgIpc) is 2.30. The summed E-state index contributed by atoms with van der Waals surface area (Å²) in [5.41, 5.74) is 6.04. The molecule has 100 valence electrons. The summed E-state index contributed by atoms with van der Waals surface area (Å²) in [6, 6.07) is 12.4. The highest BCUT2D eigenvalue weighted by Gasteiger charge is 2.15. The summed E-state index contributed by atoms with van der Waals surface area (Å²) in [6.07, 6.45) is 0. The molecule has 7 heteroatoms. The Bertz CT molecular complexity index is 717. The first kappa shape index (κ1) is 14.4. The van der Waals surface area contributed by atoms with Crippen LogP contribution in [-0.4, -0.2) is 8.42 Å². The molecular weight excluding hydrogens is 348 g/mol. The maximum Gasteiger partial charge on any atom is 0.240 e. The molecule has 0 saturated carbocycles. The van der Waals surface area contributed by atoms with E-state index in [1.54, 1.807) is 12.1 Å². The van der Waals surface area contributed by atoms with Gasteiger partial charge in [-0.1, -0.05) is 39.8 Å². The maximum atomic E-state index is 11.4. The molecular formula is C12H11BrN2O2S2. The predicted molar refractivity (Wildman–Crippen MR) is 80.5 cm³/mol. The van der Waals surface area contributed by atoms with Crippen LogP contribution in [0.1, 0.15) is 0 Å². The fraction of sp³-hybridized carbons (Fsp3) is 0. The number of primary sulfonamides is 1. The van der Waals surface area contributed by atoms with Gasteiger partial charge in [0, 0.05) is 14.3 Å². The van der Waals surface area contributed by atoms with Gasteiger partial charge in [-0.15, -0.1) is 0 Å². The highest BCUT2D eigenvalue weighted by molar-refractivity contribution is 9.10. The first-order chi connectivity index (χ1) is 8.88. The number of sulfonamides is 1. The smallest absolute Gasteiger partial charge is 0.240 e. The van der Waals surface area contributed by atoms with Gasteiger partial charge in [0.15, 0.2) is 0 Å². The van der Waals surface area contributed by atoms with Crippen LogP contribution in [-0.2, 0) is 10.0 Å². The largest absolute Gasteiger partial charge is 0.397 e. The Balaban J connectivity index is 2.42. The standard InChI is InChI=1S/C12H11BrN2O2S2/c13-8-3-1-4-9(7-8)18-10-5-2-6-11(12(10)14)19(15,16)17/h1-7H,14H2,(H2,15,16,17). The molecule has 0 unspecified atom stereocenters. The lowest BCUT2D eigenvalue weighted by Crippen LogP contribution is -2.14. The molecule has 0 saturated heterocycles. The van der Waals surface area contributed by atoms with Crippen LogP contribution in [0.2, 0.25) is 0 Å². The summed E-state index contributed by atoms with van der Waals surface area (Å²) >= 11 is 4.76. The van der Waals surface area contributed by atoms with Crippen molar-refractivity contribution in [1.29, 1.82) is 0 Å². The van der Waals surface area contributed by atoms with Crippen LogP contribution in [0.3, 0.4) is 0 Å². The van der Waals surface area contributed by atoms with Gasteiger partial charge in [0.1, 0.15) is 4.90 Å². The van der Waals surface area contributed by atoms with Crippen molar-refractivity contribution >= 4 is 43.4 Å². The summed E-state index contributed by atoms with van der Waals surface area (Å²) in [5, 5.41) is 5.12. The minimum absolute atomic E-state index is 0.0486. The van der Waals surface area contributed by atoms with Gasteiger partial charge in [-0.05, 0) is 30.3 Å². The average molecular weight is 359 g/mol. The van der Waals surface area contributed by atoms with E-state index < -0.39 is 10.0 Å². The van der Waals surface area contributed by atoms with E-state index in [0.717, 1.165) is 9.37 Å². The lowest BCUT2D eigenvalue weighted by molar-refractivity contribution is 0.598. The third-order valence-electron chi connectivity index (χ3n) is 2.36. The molecule has 2 aromatic carbocycles. The molecule has 0 aliphatic heterocycles. The molecule has 0 heterocycles. The van der Waals surface area contributed by atoms with Gasteiger partial charge in [0.05, 0.1) is 5.69 Å². The molecule has 0 bridgehead atoms. The zero-order chi connectivity index (χ0) is 14.0. The number of benzene rings is 2. The van der Waals surface area contributed by atoms with Gasteiger partial charge in [-0.2, -0.15) is 0 Å². The highest BCUT2D eigenvalue weighted by Crippen LogP contribution is 2.35. The first-order valence-corrected chi connectivity index (χ1v) is 8.38. The van der Waals surface area contributed by atoms with Crippen molar-refractivity contribution in [2.24, 2.45) is 5.14 Å². The first-order valence-electron chi connectivity index (χ1n) is 5.22. The van der Waals surface area contributed by atoms with Crippen molar-refractivity contribution in [3.05, 3.63) is 46.9 Å². The van der Waals surface area contributed by atoms with Gasteiger partial charge in [-0.25, -0.2) is 13.6 Å². The van der Waals surface area contributed by atoms with E-state index in [0.29, 0.717) is 4.90 Å². The number of halogens is 1. The van der Waals surface area contributed by atoms with Crippen molar-refractivity contribution in [2.45, 2.75) is 14.7 Å². The Morgan fingerprint density at radius 1 is 1.11 bits per heavy atom. The molecule has 0 radical (unpaired) electrons. The van der Waals surface area contributed by atoms with Crippen molar-refractivity contribution in [3.8, 4) is 0 Å². The minimum Gasteiger partial charge on any atom is -0.397 e. The molecule has 2 rings (SSSR count). The third-order valence-corrected chi connectivity index (χ3v) is 4.88. The molecule has 4 nitrogen and oxygen atoms in total. The summed E-state index contributed by atoms with van der Waals surface area (Å²) in [4.78, 5) is 1.56. The summed E-state index contributed by atoms with van der Waals surface area (Å²) in [7, 11) is -3.80. The molecule has 0 amide bonds. The van der Waals surface area contributed by atoms with E-state index in [9.17, 15) is 8.42 Å². The Labute approximate surface area is 124 Å². The van der Waals surface area contributed by atoms with Crippen LogP contribution in [0, 0.1) is 0 Å². The van der Waals surface area contributed by atoms with Crippen LogP contribution < -0.4 is 10.9 Å². The lowest BCUT2D eigenvalue weighted by Gasteiger charge is -2.09. The Hall–Kier alpha value is -1.02. The molecule has 0 fully saturated rings. The monoisotopic (exact) mass is 358 g/mol. The van der Waals surface area contributed by atoms with Crippen LogP contribution in [0.4, 0.5) is 5.69 Å². The van der Waals surface area contributed by atoms with Crippen molar-refractivity contribution in [2.75, 3.05) is 5.73 Å². The molecule has 19 heavy (non-hydrogen) atoms. The number of rotatable bonds is 3. The normalized spacial score (nSPS) is 11.5. The van der Waals surface area contributed by atoms with Gasteiger partial charge in [0.2, 0.25) is 10.0 Å². The van der Waals surface area contributed by atoms with E-state index in [4.69, 9.17) is 10.9 Å². The number of para-hydroxylation sites is 1. The summed E-state index contributed by atoms with van der Waals surface area (Å²) < 4.78 is 23.7. The van der Waals surface area contributed by atoms with Gasteiger partial charge in [-0.3, -0.25) is 0 Å². The summed E-state index contributed by atoms with van der Waals surface area (Å²) in [6.45, 7) is 0. The second-order valence-electron chi connectivity index (χ2n) is 3.77. The number of nitrogen functional groups attached to an aromatic ring is 1. The van der Waals surface area contributed by atoms with Crippen LogP contribution in [0.15, 0.2) is 61.6 Å². The van der Waals surface area contributed by atoms with E-state index in [2.05, 4.69) is 15.9 Å². The number of anilines is 1. The topological polar surface area (TPSA) is 86.2 Å². The molecule has 4 N–H and O–H groups in total. The Morgan fingerprint density at radius 2 is 1.79 bits per heavy atom. The Morgan fingerprint density at radius 3 is 2.42 bits per heavy atom. The SMILES string of the molecule is Nc1c(Sc2cccc(Br)c2)cccc1S(N)(=O)=O. The van der Waals surface area contributed by atoms with Crippen LogP contribution in [0.5, 0.6) is 0 Å².